The molecule has 0 saturated carbocycles. The number of allylic oxidation sites excluding steroid dienone is 3. The Morgan fingerprint density at radius 2 is 2.23 bits per heavy atom. The van der Waals surface area contributed by atoms with Gasteiger partial charge in [-0.2, -0.15) is 0 Å². The van der Waals surface area contributed by atoms with E-state index in [1.165, 1.54) is 0 Å². The average molecular weight is 179 g/mol. The summed E-state index contributed by atoms with van der Waals surface area (Å²) in [5, 5.41) is 9.46. The van der Waals surface area contributed by atoms with E-state index < -0.39 is 0 Å². The first-order valence-electron chi connectivity index (χ1n) is 4.82. The molecule has 72 valence electrons. The molecule has 0 spiro atoms. The van der Waals surface area contributed by atoms with Crippen LogP contribution < -0.4 is 0 Å². The van der Waals surface area contributed by atoms with Crippen molar-refractivity contribution in [3.63, 3.8) is 0 Å². The van der Waals surface area contributed by atoms with E-state index in [2.05, 4.69) is 11.1 Å². The van der Waals surface area contributed by atoms with Gasteiger partial charge in [-0.1, -0.05) is 24.3 Å². The Morgan fingerprint density at radius 1 is 1.38 bits per heavy atom. The zero-order chi connectivity index (χ0) is 9.52. The molecular weight excluding hydrogens is 162 g/mol. The Kier molecular flexibility index (Phi) is 4.47. The Morgan fingerprint density at radius 3 is 3.08 bits per heavy atom. The monoisotopic (exact) mass is 179 g/mol. The lowest BCUT2D eigenvalue weighted by Crippen LogP contribution is -2.06. The molecule has 0 radical (unpaired) electrons. The van der Waals surface area contributed by atoms with Crippen LogP contribution in [0.25, 0.3) is 0 Å². The molecule has 0 saturated heterocycles. The number of aliphatic hydroxyl groups is 1. The SMILES string of the molecule is CC1/C=C\C=C/CCC(O)CC=N1. The summed E-state index contributed by atoms with van der Waals surface area (Å²) < 4.78 is 0. The predicted octanol–water partition coefficient (Wildman–Crippen LogP) is 2.10. The van der Waals surface area contributed by atoms with Crippen LogP contribution in [0.4, 0.5) is 0 Å². The van der Waals surface area contributed by atoms with Crippen LogP contribution in [0, 0.1) is 0 Å². The van der Waals surface area contributed by atoms with Gasteiger partial charge in [0.15, 0.2) is 0 Å². The maximum atomic E-state index is 9.46. The number of aliphatic imine (C=N–C) groups is 1. The molecule has 0 amide bonds. The lowest BCUT2D eigenvalue weighted by atomic mass is 10.1. The van der Waals surface area contributed by atoms with Crippen molar-refractivity contribution < 1.29 is 5.11 Å². The summed E-state index contributed by atoms with van der Waals surface area (Å²) in [6, 6.07) is 0.218. The number of hydrogen-bond donors (Lipinski definition) is 1. The van der Waals surface area contributed by atoms with E-state index >= 15 is 0 Å². The summed E-state index contributed by atoms with van der Waals surface area (Å²) in [5.41, 5.74) is 0. The van der Waals surface area contributed by atoms with Crippen LogP contribution in [0.15, 0.2) is 29.3 Å². The van der Waals surface area contributed by atoms with Gasteiger partial charge in [-0.25, -0.2) is 0 Å². The van der Waals surface area contributed by atoms with Crippen LogP contribution in [0.3, 0.4) is 0 Å². The number of rotatable bonds is 0. The van der Waals surface area contributed by atoms with Gasteiger partial charge < -0.3 is 5.11 Å². The minimum atomic E-state index is -0.237. The topological polar surface area (TPSA) is 32.6 Å². The molecule has 2 nitrogen and oxygen atoms in total. The van der Waals surface area contributed by atoms with Crippen molar-refractivity contribution in [1.82, 2.24) is 0 Å². The van der Waals surface area contributed by atoms with Gasteiger partial charge in [0, 0.05) is 12.6 Å². The molecular formula is C11H17NO. The van der Waals surface area contributed by atoms with E-state index in [1.807, 2.05) is 31.4 Å². The molecule has 1 aliphatic heterocycles. The van der Waals surface area contributed by atoms with Gasteiger partial charge in [-0.3, -0.25) is 4.99 Å². The molecule has 0 fully saturated rings. The van der Waals surface area contributed by atoms with Crippen LogP contribution in [0.1, 0.15) is 26.2 Å². The molecule has 1 N–H and O–H groups in total. The van der Waals surface area contributed by atoms with Crippen LogP contribution in [0.2, 0.25) is 0 Å². The average Bonchev–Trinajstić information content (AvgIpc) is 2.13. The highest BCUT2D eigenvalue weighted by molar-refractivity contribution is 5.58. The smallest absolute Gasteiger partial charge is 0.0650 e. The Hall–Kier alpha value is -0.890. The Bertz CT molecular complexity index is 218. The molecule has 0 bridgehead atoms. The van der Waals surface area contributed by atoms with Crippen LogP contribution in [-0.4, -0.2) is 23.5 Å². The fourth-order valence-electron chi connectivity index (χ4n) is 1.20. The van der Waals surface area contributed by atoms with Crippen molar-refractivity contribution in [3.8, 4) is 0 Å². The summed E-state index contributed by atoms with van der Waals surface area (Å²) in [4.78, 5) is 4.27. The second-order valence-electron chi connectivity index (χ2n) is 3.35. The largest absolute Gasteiger partial charge is 0.393 e. The van der Waals surface area contributed by atoms with E-state index in [-0.39, 0.29) is 12.1 Å². The molecule has 1 heterocycles. The quantitative estimate of drug-likeness (QED) is 0.607. The molecule has 2 unspecified atom stereocenters. The van der Waals surface area contributed by atoms with Gasteiger partial charge in [0.1, 0.15) is 0 Å². The third kappa shape index (κ3) is 4.63. The highest BCUT2D eigenvalue weighted by Crippen LogP contribution is 2.03. The molecule has 1 aliphatic rings. The molecule has 1 rings (SSSR count). The highest BCUT2D eigenvalue weighted by Gasteiger charge is 2.00. The molecule has 13 heavy (non-hydrogen) atoms. The van der Waals surface area contributed by atoms with Crippen LogP contribution >= 0.6 is 0 Å². The molecule has 0 aliphatic carbocycles. The van der Waals surface area contributed by atoms with Gasteiger partial charge in [0.05, 0.1) is 12.1 Å². The van der Waals surface area contributed by atoms with Crippen molar-refractivity contribution in [1.29, 1.82) is 0 Å². The molecule has 0 aromatic carbocycles. The lowest BCUT2D eigenvalue weighted by Gasteiger charge is -2.04. The van der Waals surface area contributed by atoms with E-state index in [9.17, 15) is 5.11 Å². The van der Waals surface area contributed by atoms with Crippen LogP contribution in [0.5, 0.6) is 0 Å². The first kappa shape index (κ1) is 10.2. The normalized spacial score (nSPS) is 34.9. The fourth-order valence-corrected chi connectivity index (χ4v) is 1.20. The first-order chi connectivity index (χ1) is 6.29. The summed E-state index contributed by atoms with van der Waals surface area (Å²) >= 11 is 0. The highest BCUT2D eigenvalue weighted by atomic mass is 16.3. The van der Waals surface area contributed by atoms with Gasteiger partial charge in [0.25, 0.3) is 0 Å². The number of aliphatic hydroxyl groups excluding tert-OH is 1. The van der Waals surface area contributed by atoms with E-state index in [0.29, 0.717) is 6.42 Å². The number of hydrogen-bond acceptors (Lipinski definition) is 2. The zero-order valence-electron chi connectivity index (χ0n) is 8.06. The molecule has 2 heteroatoms. The minimum Gasteiger partial charge on any atom is -0.393 e. The molecule has 0 aromatic heterocycles. The Balaban J connectivity index is 2.55. The lowest BCUT2D eigenvalue weighted by molar-refractivity contribution is 0.174. The molecule has 0 aromatic rings. The predicted molar refractivity (Wildman–Crippen MR) is 56.1 cm³/mol. The van der Waals surface area contributed by atoms with Crippen molar-refractivity contribution in [3.05, 3.63) is 24.3 Å². The maximum Gasteiger partial charge on any atom is 0.0650 e. The van der Waals surface area contributed by atoms with Crippen molar-refractivity contribution in [2.75, 3.05) is 0 Å². The van der Waals surface area contributed by atoms with Crippen molar-refractivity contribution in [2.24, 2.45) is 4.99 Å². The van der Waals surface area contributed by atoms with Crippen LogP contribution in [-0.2, 0) is 0 Å². The second kappa shape index (κ2) is 5.70. The summed E-state index contributed by atoms with van der Waals surface area (Å²) in [7, 11) is 0. The first-order valence-corrected chi connectivity index (χ1v) is 4.82. The number of nitrogens with zero attached hydrogens (tertiary/aromatic N) is 1. The molecule has 2 atom stereocenters. The Labute approximate surface area is 79.7 Å². The van der Waals surface area contributed by atoms with E-state index in [0.717, 1.165) is 12.8 Å². The van der Waals surface area contributed by atoms with Gasteiger partial charge >= 0.3 is 0 Å². The van der Waals surface area contributed by atoms with Gasteiger partial charge in [-0.05, 0) is 19.8 Å². The zero-order valence-corrected chi connectivity index (χ0v) is 8.06. The van der Waals surface area contributed by atoms with E-state index in [4.69, 9.17) is 0 Å². The standard InChI is InChI=1S/C11H17NO/c1-10-6-4-2-3-5-7-11(13)8-9-12-10/h2-4,6,9-11,13H,5,7-8H2,1H3/b3-2-,6-4-,12-9?. The second-order valence-corrected chi connectivity index (χ2v) is 3.35. The third-order valence-corrected chi connectivity index (χ3v) is 2.02. The maximum absolute atomic E-state index is 9.46. The fraction of sp³-hybridized carbons (Fsp3) is 0.545. The third-order valence-electron chi connectivity index (χ3n) is 2.02. The van der Waals surface area contributed by atoms with Gasteiger partial charge in [-0.15, -0.1) is 0 Å². The van der Waals surface area contributed by atoms with Crippen molar-refractivity contribution >= 4 is 6.21 Å². The van der Waals surface area contributed by atoms with Gasteiger partial charge in [0.2, 0.25) is 0 Å². The summed E-state index contributed by atoms with van der Waals surface area (Å²) in [6.07, 6.45) is 12.2. The summed E-state index contributed by atoms with van der Waals surface area (Å²) in [6.45, 7) is 2.03. The van der Waals surface area contributed by atoms with E-state index in [1.54, 1.807) is 0 Å². The minimum absolute atomic E-state index is 0.218. The van der Waals surface area contributed by atoms with Crippen molar-refractivity contribution in [2.45, 2.75) is 38.3 Å². The summed E-state index contributed by atoms with van der Waals surface area (Å²) in [5.74, 6) is 0.